The number of ether oxygens (including phenoxy) is 1. The number of carbonyl (C=O) groups is 2. The highest BCUT2D eigenvalue weighted by Crippen LogP contribution is 2.40. The topological polar surface area (TPSA) is 84.7 Å². The van der Waals surface area contributed by atoms with Gasteiger partial charge in [0, 0.05) is 36.6 Å². The van der Waals surface area contributed by atoms with E-state index in [1.165, 1.54) is 17.0 Å². The summed E-state index contributed by atoms with van der Waals surface area (Å²) in [5, 5.41) is 11.2. The maximum Gasteiger partial charge on any atom is 0.295 e. The van der Waals surface area contributed by atoms with E-state index in [0.717, 1.165) is 6.42 Å². The molecule has 0 bridgehead atoms. The largest absolute Gasteiger partial charge is 0.507 e. The molecule has 0 aliphatic carbocycles. The standard InChI is InChI=1S/C26H26FN3O4/c1-2-15-34-19-8-5-7-18(16-19)24(31)22-23(20-9-3-4-10-21(20)27)30(26(33)25(22)32)13-6-12-29-14-11-28-17-29/h3-5,7-11,14,16-17,23,31H,2,6,12-13,15H2,1H3/b24-22+. The Morgan fingerprint density at radius 1 is 1.15 bits per heavy atom. The summed E-state index contributed by atoms with van der Waals surface area (Å²) in [6, 6.07) is 11.6. The summed E-state index contributed by atoms with van der Waals surface area (Å²) in [4.78, 5) is 31.4. The van der Waals surface area contributed by atoms with Crippen LogP contribution in [-0.2, 0) is 16.1 Å². The number of likely N-dealkylation sites (tertiary alicyclic amines) is 1. The van der Waals surface area contributed by atoms with Gasteiger partial charge in [0.1, 0.15) is 17.3 Å². The number of aliphatic hydroxyl groups excluding tert-OH is 1. The molecule has 176 valence electrons. The van der Waals surface area contributed by atoms with E-state index in [4.69, 9.17) is 4.74 Å². The number of imidazole rings is 1. The van der Waals surface area contributed by atoms with Gasteiger partial charge in [-0.25, -0.2) is 9.37 Å². The summed E-state index contributed by atoms with van der Waals surface area (Å²) in [6.45, 7) is 3.26. The molecule has 2 aromatic carbocycles. The molecule has 0 saturated carbocycles. The van der Waals surface area contributed by atoms with E-state index in [2.05, 4.69) is 4.98 Å². The highest BCUT2D eigenvalue weighted by molar-refractivity contribution is 6.46. The van der Waals surface area contributed by atoms with Gasteiger partial charge in [-0.15, -0.1) is 0 Å². The lowest BCUT2D eigenvalue weighted by atomic mass is 9.95. The molecule has 1 aliphatic heterocycles. The van der Waals surface area contributed by atoms with Crippen LogP contribution in [0.4, 0.5) is 4.39 Å². The Bertz CT molecular complexity index is 1210. The Morgan fingerprint density at radius 3 is 2.71 bits per heavy atom. The van der Waals surface area contributed by atoms with E-state index >= 15 is 0 Å². The first-order valence-electron chi connectivity index (χ1n) is 11.2. The third-order valence-corrected chi connectivity index (χ3v) is 5.69. The summed E-state index contributed by atoms with van der Waals surface area (Å²) >= 11 is 0. The Hall–Kier alpha value is -3.94. The molecule has 1 N–H and O–H groups in total. The van der Waals surface area contributed by atoms with Gasteiger partial charge < -0.3 is 19.3 Å². The molecule has 8 heteroatoms. The zero-order valence-corrected chi connectivity index (χ0v) is 18.9. The Kier molecular flexibility index (Phi) is 7.06. The van der Waals surface area contributed by atoms with Crippen molar-refractivity contribution in [2.45, 2.75) is 32.4 Å². The van der Waals surface area contributed by atoms with Gasteiger partial charge in [0.2, 0.25) is 0 Å². The van der Waals surface area contributed by atoms with Crippen molar-refractivity contribution in [2.75, 3.05) is 13.2 Å². The quantitative estimate of drug-likeness (QED) is 0.290. The van der Waals surface area contributed by atoms with Crippen molar-refractivity contribution in [3.05, 3.63) is 89.8 Å². The van der Waals surface area contributed by atoms with Gasteiger partial charge in [-0.05, 0) is 31.0 Å². The molecule has 1 amide bonds. The van der Waals surface area contributed by atoms with Gasteiger partial charge in [-0.1, -0.05) is 37.3 Å². The average Bonchev–Trinajstić information content (AvgIpc) is 3.45. The first-order chi connectivity index (χ1) is 16.5. The molecule has 1 saturated heterocycles. The van der Waals surface area contributed by atoms with E-state index < -0.39 is 23.5 Å². The van der Waals surface area contributed by atoms with Crippen LogP contribution in [0.15, 0.2) is 72.8 Å². The molecule has 1 fully saturated rings. The summed E-state index contributed by atoms with van der Waals surface area (Å²) in [5.74, 6) is -1.99. The van der Waals surface area contributed by atoms with Crippen molar-refractivity contribution >= 4 is 17.4 Å². The van der Waals surface area contributed by atoms with Crippen molar-refractivity contribution in [3.8, 4) is 5.75 Å². The molecule has 3 aromatic rings. The van der Waals surface area contributed by atoms with E-state index in [1.54, 1.807) is 55.1 Å². The summed E-state index contributed by atoms with van der Waals surface area (Å²) < 4.78 is 22.4. The SMILES string of the molecule is CCCOc1cccc(/C(O)=C2\C(=O)C(=O)N(CCCn3ccnc3)C2c2ccccc2F)c1. The van der Waals surface area contributed by atoms with Crippen molar-refractivity contribution in [1.29, 1.82) is 0 Å². The van der Waals surface area contributed by atoms with Crippen LogP contribution in [0.2, 0.25) is 0 Å². The van der Waals surface area contributed by atoms with Gasteiger partial charge in [0.25, 0.3) is 11.7 Å². The van der Waals surface area contributed by atoms with Crippen LogP contribution in [0.3, 0.4) is 0 Å². The Labute approximate surface area is 197 Å². The number of nitrogens with zero attached hydrogens (tertiary/aromatic N) is 3. The number of Topliss-reactive ketones (excluding diaryl/α,β-unsaturated/α-hetero) is 1. The van der Waals surface area contributed by atoms with Crippen LogP contribution in [0.25, 0.3) is 5.76 Å². The normalized spacial score (nSPS) is 17.4. The Morgan fingerprint density at radius 2 is 1.97 bits per heavy atom. The first kappa shape index (κ1) is 23.2. The number of halogens is 1. The molecule has 7 nitrogen and oxygen atoms in total. The van der Waals surface area contributed by atoms with E-state index in [0.29, 0.717) is 30.9 Å². The molecule has 34 heavy (non-hydrogen) atoms. The lowest BCUT2D eigenvalue weighted by Gasteiger charge is -2.25. The van der Waals surface area contributed by atoms with Crippen molar-refractivity contribution in [1.82, 2.24) is 14.5 Å². The number of aromatic nitrogens is 2. The minimum absolute atomic E-state index is 0.134. The molecule has 1 atom stereocenters. The highest BCUT2D eigenvalue weighted by atomic mass is 19.1. The Balaban J connectivity index is 1.73. The van der Waals surface area contributed by atoms with Gasteiger partial charge in [-0.3, -0.25) is 9.59 Å². The van der Waals surface area contributed by atoms with Crippen LogP contribution in [-0.4, -0.2) is 44.4 Å². The van der Waals surface area contributed by atoms with Crippen LogP contribution < -0.4 is 4.74 Å². The molecule has 4 rings (SSSR count). The first-order valence-corrected chi connectivity index (χ1v) is 11.2. The minimum atomic E-state index is -1.04. The minimum Gasteiger partial charge on any atom is -0.507 e. The van der Waals surface area contributed by atoms with E-state index in [9.17, 15) is 19.1 Å². The molecular formula is C26H26FN3O4. The zero-order valence-electron chi connectivity index (χ0n) is 18.9. The molecule has 2 heterocycles. The van der Waals surface area contributed by atoms with E-state index in [-0.39, 0.29) is 23.4 Å². The monoisotopic (exact) mass is 463 g/mol. The number of amides is 1. The fourth-order valence-corrected chi connectivity index (χ4v) is 4.08. The molecule has 0 spiro atoms. The summed E-state index contributed by atoms with van der Waals surface area (Å²) in [7, 11) is 0. The number of aryl methyl sites for hydroxylation is 1. The number of rotatable bonds is 9. The van der Waals surface area contributed by atoms with Gasteiger partial charge in [-0.2, -0.15) is 0 Å². The number of hydrogen-bond donors (Lipinski definition) is 1. The molecule has 1 aliphatic rings. The highest BCUT2D eigenvalue weighted by Gasteiger charge is 2.46. The second-order valence-corrected chi connectivity index (χ2v) is 8.04. The summed E-state index contributed by atoms with van der Waals surface area (Å²) in [5.41, 5.74) is 0.348. The summed E-state index contributed by atoms with van der Waals surface area (Å²) in [6.07, 6.45) is 6.46. The third-order valence-electron chi connectivity index (χ3n) is 5.69. The lowest BCUT2D eigenvalue weighted by molar-refractivity contribution is -0.140. The maximum atomic E-state index is 14.9. The van der Waals surface area contributed by atoms with Crippen LogP contribution in [0, 0.1) is 5.82 Å². The fourth-order valence-electron chi connectivity index (χ4n) is 4.08. The zero-order chi connectivity index (χ0) is 24.1. The van der Waals surface area contributed by atoms with Crippen LogP contribution in [0.5, 0.6) is 5.75 Å². The predicted octanol–water partition coefficient (Wildman–Crippen LogP) is 4.32. The van der Waals surface area contributed by atoms with Gasteiger partial charge >= 0.3 is 0 Å². The number of ketones is 1. The smallest absolute Gasteiger partial charge is 0.295 e. The van der Waals surface area contributed by atoms with Crippen LogP contribution >= 0.6 is 0 Å². The second kappa shape index (κ2) is 10.3. The molecule has 1 aromatic heterocycles. The predicted molar refractivity (Wildman–Crippen MR) is 124 cm³/mol. The van der Waals surface area contributed by atoms with Gasteiger partial charge in [0.05, 0.1) is 24.5 Å². The molecular weight excluding hydrogens is 437 g/mol. The maximum absolute atomic E-state index is 14.9. The van der Waals surface area contributed by atoms with Crippen molar-refractivity contribution in [2.24, 2.45) is 0 Å². The fraction of sp³-hybridized carbons (Fsp3) is 0.269. The third kappa shape index (κ3) is 4.71. The van der Waals surface area contributed by atoms with Crippen molar-refractivity contribution < 1.29 is 23.8 Å². The van der Waals surface area contributed by atoms with Crippen LogP contribution in [0.1, 0.15) is 36.9 Å². The number of hydrogen-bond acceptors (Lipinski definition) is 5. The molecule has 1 unspecified atom stereocenters. The lowest BCUT2D eigenvalue weighted by Crippen LogP contribution is -2.31. The average molecular weight is 464 g/mol. The number of benzene rings is 2. The second-order valence-electron chi connectivity index (χ2n) is 8.04. The molecule has 0 radical (unpaired) electrons. The van der Waals surface area contributed by atoms with Gasteiger partial charge in [0.15, 0.2) is 0 Å². The number of carbonyl (C=O) groups excluding carboxylic acids is 2. The van der Waals surface area contributed by atoms with E-state index in [1.807, 2.05) is 11.5 Å². The van der Waals surface area contributed by atoms with Crippen molar-refractivity contribution in [3.63, 3.8) is 0 Å². The number of aliphatic hydroxyl groups is 1.